The van der Waals surface area contributed by atoms with E-state index in [2.05, 4.69) is 0 Å². The minimum Gasteiger partial charge on any atom is -0.342 e. The molecule has 1 unspecified atom stereocenters. The van der Waals surface area contributed by atoms with E-state index in [0.717, 1.165) is 12.1 Å². The molecule has 1 amide bonds. The summed E-state index contributed by atoms with van der Waals surface area (Å²) in [5.74, 6) is -0.899. The average Bonchev–Trinajstić information content (AvgIpc) is 2.62. The number of nitrogens with zero attached hydrogens (tertiary/aromatic N) is 2. The van der Waals surface area contributed by atoms with Crippen LogP contribution in [0.1, 0.15) is 19.8 Å². The van der Waals surface area contributed by atoms with E-state index in [1.165, 1.54) is 10.4 Å². The second-order valence-corrected chi connectivity index (χ2v) is 8.63. The number of piperidine rings is 1. The number of sulfonamides is 1. The van der Waals surface area contributed by atoms with Gasteiger partial charge in [0.25, 0.3) is 0 Å². The number of benzene rings is 1. The molecular formula is C16H23ClFN3O3S. The lowest BCUT2D eigenvalue weighted by atomic mass is 9.96. The van der Waals surface area contributed by atoms with Crippen LogP contribution in [-0.4, -0.2) is 56.3 Å². The molecule has 1 saturated heterocycles. The first-order chi connectivity index (χ1) is 11.7. The maximum absolute atomic E-state index is 13.2. The fraction of sp³-hybridized carbons (Fsp3) is 0.562. The zero-order chi connectivity index (χ0) is 18.8. The number of amides is 1. The maximum atomic E-state index is 13.2. The lowest BCUT2D eigenvalue weighted by Gasteiger charge is -2.34. The molecule has 1 aromatic carbocycles. The van der Waals surface area contributed by atoms with Gasteiger partial charge in [-0.25, -0.2) is 12.8 Å². The Morgan fingerprint density at radius 1 is 1.44 bits per heavy atom. The van der Waals surface area contributed by atoms with Crippen molar-refractivity contribution in [3.63, 3.8) is 0 Å². The number of hydrogen-bond donors (Lipinski definition) is 1. The summed E-state index contributed by atoms with van der Waals surface area (Å²) in [6.07, 6.45) is 0.878. The molecule has 1 atom stereocenters. The van der Waals surface area contributed by atoms with Crippen molar-refractivity contribution in [1.29, 1.82) is 0 Å². The summed E-state index contributed by atoms with van der Waals surface area (Å²) in [4.78, 5) is 14.0. The third-order valence-corrected chi connectivity index (χ3v) is 6.87. The Kier molecular flexibility index (Phi) is 6.42. The van der Waals surface area contributed by atoms with Gasteiger partial charge in [0.15, 0.2) is 0 Å². The van der Waals surface area contributed by atoms with Crippen LogP contribution in [0.4, 0.5) is 4.39 Å². The second kappa shape index (κ2) is 7.99. The summed E-state index contributed by atoms with van der Waals surface area (Å²) in [6.45, 7) is 2.72. The normalized spacial score (nSPS) is 18.1. The van der Waals surface area contributed by atoms with Crippen molar-refractivity contribution in [2.75, 3.05) is 26.7 Å². The molecule has 0 saturated carbocycles. The molecule has 1 fully saturated rings. The van der Waals surface area contributed by atoms with Gasteiger partial charge in [-0.1, -0.05) is 11.6 Å². The SMILES string of the molecule is CC(CN)N(C)C(=O)C1CCN(S(=O)(=O)c2ccc(F)c(Cl)c2)CC1. The summed E-state index contributed by atoms with van der Waals surface area (Å²) >= 11 is 5.68. The van der Waals surface area contributed by atoms with Crippen LogP contribution in [0.3, 0.4) is 0 Å². The molecule has 0 bridgehead atoms. The molecule has 0 aromatic heterocycles. The minimum absolute atomic E-state index is 0.0141. The van der Waals surface area contributed by atoms with Crippen molar-refractivity contribution in [1.82, 2.24) is 9.21 Å². The van der Waals surface area contributed by atoms with E-state index in [-0.39, 0.29) is 40.9 Å². The maximum Gasteiger partial charge on any atom is 0.243 e. The number of nitrogens with two attached hydrogens (primary N) is 1. The first-order valence-corrected chi connectivity index (χ1v) is 9.92. The summed E-state index contributed by atoms with van der Waals surface area (Å²) in [5.41, 5.74) is 5.59. The Balaban J connectivity index is 2.06. The largest absolute Gasteiger partial charge is 0.342 e. The molecule has 6 nitrogen and oxygen atoms in total. The van der Waals surface area contributed by atoms with Crippen molar-refractivity contribution in [2.24, 2.45) is 11.7 Å². The van der Waals surface area contributed by atoms with Gasteiger partial charge in [-0.05, 0) is 38.0 Å². The van der Waals surface area contributed by atoms with Crippen LogP contribution in [0.5, 0.6) is 0 Å². The smallest absolute Gasteiger partial charge is 0.243 e. The zero-order valence-electron chi connectivity index (χ0n) is 14.3. The lowest BCUT2D eigenvalue weighted by molar-refractivity contribution is -0.137. The van der Waals surface area contributed by atoms with E-state index in [1.54, 1.807) is 11.9 Å². The molecule has 0 radical (unpaired) electrons. The van der Waals surface area contributed by atoms with Crippen LogP contribution in [0.25, 0.3) is 0 Å². The zero-order valence-corrected chi connectivity index (χ0v) is 15.9. The van der Waals surface area contributed by atoms with Crippen LogP contribution in [-0.2, 0) is 14.8 Å². The van der Waals surface area contributed by atoms with E-state index in [4.69, 9.17) is 17.3 Å². The van der Waals surface area contributed by atoms with Crippen LogP contribution < -0.4 is 5.73 Å². The fourth-order valence-corrected chi connectivity index (χ4v) is 4.53. The van der Waals surface area contributed by atoms with Crippen molar-refractivity contribution in [2.45, 2.75) is 30.7 Å². The Bertz CT molecular complexity index is 736. The lowest BCUT2D eigenvalue weighted by Crippen LogP contribution is -2.47. The highest BCUT2D eigenvalue weighted by atomic mass is 35.5. The van der Waals surface area contributed by atoms with Crippen molar-refractivity contribution < 1.29 is 17.6 Å². The van der Waals surface area contributed by atoms with Gasteiger partial charge in [0.05, 0.1) is 9.92 Å². The third kappa shape index (κ3) is 4.31. The molecule has 2 rings (SSSR count). The molecule has 1 aliphatic rings. The fourth-order valence-electron chi connectivity index (χ4n) is 2.79. The summed E-state index contributed by atoms with van der Waals surface area (Å²) in [7, 11) is -2.04. The molecule has 0 spiro atoms. The van der Waals surface area contributed by atoms with Crippen LogP contribution in [0, 0.1) is 11.7 Å². The minimum atomic E-state index is -3.75. The Labute approximate surface area is 152 Å². The summed E-state index contributed by atoms with van der Waals surface area (Å²) in [5, 5.41) is -0.233. The Morgan fingerprint density at radius 3 is 2.56 bits per heavy atom. The van der Waals surface area contributed by atoms with Gasteiger partial charge < -0.3 is 10.6 Å². The van der Waals surface area contributed by atoms with Crippen molar-refractivity contribution in [3.8, 4) is 0 Å². The molecule has 1 heterocycles. The van der Waals surface area contributed by atoms with Crippen LogP contribution in [0.2, 0.25) is 5.02 Å². The molecular weight excluding hydrogens is 369 g/mol. The number of likely N-dealkylation sites (N-methyl/N-ethyl adjacent to an activating group) is 1. The van der Waals surface area contributed by atoms with Crippen LogP contribution >= 0.6 is 11.6 Å². The van der Waals surface area contributed by atoms with Gasteiger partial charge in [-0.15, -0.1) is 0 Å². The number of rotatable bonds is 5. The van der Waals surface area contributed by atoms with Gasteiger partial charge in [-0.2, -0.15) is 4.31 Å². The van der Waals surface area contributed by atoms with E-state index in [9.17, 15) is 17.6 Å². The highest BCUT2D eigenvalue weighted by Crippen LogP contribution is 2.27. The van der Waals surface area contributed by atoms with E-state index < -0.39 is 15.8 Å². The third-order valence-electron chi connectivity index (χ3n) is 4.68. The number of carbonyl (C=O) groups is 1. The topological polar surface area (TPSA) is 83.7 Å². The van der Waals surface area contributed by atoms with E-state index in [1.807, 2.05) is 6.92 Å². The Hall–Kier alpha value is -1.22. The van der Waals surface area contributed by atoms with Gasteiger partial charge in [-0.3, -0.25) is 4.79 Å². The second-order valence-electron chi connectivity index (χ2n) is 6.29. The molecule has 140 valence electrons. The number of hydrogen-bond acceptors (Lipinski definition) is 4. The quantitative estimate of drug-likeness (QED) is 0.827. The molecule has 2 N–H and O–H groups in total. The first-order valence-electron chi connectivity index (χ1n) is 8.10. The van der Waals surface area contributed by atoms with E-state index in [0.29, 0.717) is 19.4 Å². The molecule has 25 heavy (non-hydrogen) atoms. The van der Waals surface area contributed by atoms with E-state index >= 15 is 0 Å². The predicted octanol–water partition coefficient (Wildman–Crippen LogP) is 1.69. The van der Waals surface area contributed by atoms with Gasteiger partial charge in [0, 0.05) is 38.6 Å². The summed E-state index contributed by atoms with van der Waals surface area (Å²) in [6, 6.07) is 3.29. The first kappa shape index (κ1) is 20.1. The predicted molar refractivity (Wildman–Crippen MR) is 94.2 cm³/mol. The monoisotopic (exact) mass is 391 g/mol. The summed E-state index contributed by atoms with van der Waals surface area (Å²) < 4.78 is 39.9. The number of carbonyl (C=O) groups excluding carboxylic acids is 1. The average molecular weight is 392 g/mol. The van der Waals surface area contributed by atoms with Gasteiger partial charge in [0.1, 0.15) is 5.82 Å². The van der Waals surface area contributed by atoms with Crippen LogP contribution in [0.15, 0.2) is 23.1 Å². The Morgan fingerprint density at radius 2 is 2.04 bits per heavy atom. The standard InChI is InChI=1S/C16H23ClFN3O3S/c1-11(10-19)20(2)16(22)12-5-7-21(8-6-12)25(23,24)13-3-4-15(18)14(17)9-13/h3-4,9,11-12H,5-8,10,19H2,1-2H3. The van der Waals surface area contributed by atoms with Gasteiger partial charge in [0.2, 0.25) is 15.9 Å². The molecule has 0 aliphatic carbocycles. The van der Waals surface area contributed by atoms with Crippen molar-refractivity contribution in [3.05, 3.63) is 29.0 Å². The van der Waals surface area contributed by atoms with Gasteiger partial charge >= 0.3 is 0 Å². The molecule has 9 heteroatoms. The molecule has 1 aliphatic heterocycles. The highest BCUT2D eigenvalue weighted by molar-refractivity contribution is 7.89. The van der Waals surface area contributed by atoms with Crippen molar-refractivity contribution >= 4 is 27.5 Å². The highest BCUT2D eigenvalue weighted by Gasteiger charge is 2.34. The number of halogens is 2. The molecule has 1 aromatic rings.